The molecule has 1 atom stereocenters. The molecule has 43 heavy (non-hydrogen) atoms. The molecular weight excluding hydrogens is 555 g/mol. The molecule has 214 valence electrons. The number of aryl methyl sites for hydroxylation is 2. The summed E-state index contributed by atoms with van der Waals surface area (Å²) in [5.41, 5.74) is 0.701. The predicted octanol–water partition coefficient (Wildman–Crippen LogP) is 5.53. The Labute approximate surface area is 244 Å². The number of pyridine rings is 2. The molecule has 6 aromatic rings. The van der Waals surface area contributed by atoms with E-state index in [1.807, 2.05) is 41.9 Å². The van der Waals surface area contributed by atoms with Crippen molar-refractivity contribution >= 4 is 10.9 Å². The fraction of sp³-hybridized carbons (Fsp3) is 0.156. The van der Waals surface area contributed by atoms with Crippen molar-refractivity contribution in [3.05, 3.63) is 131 Å². The number of benzene rings is 2. The van der Waals surface area contributed by atoms with Gasteiger partial charge in [0.25, 0.3) is 0 Å². The molecule has 0 radical (unpaired) electrons. The SMILES string of the molecule is Cn1cncc1C(O)(c1ccc(C(F)(F)F)nc1)c1ccc2nc(-c3nccn3C)c(Cc3ccccc3)c(C#N)c2c1. The van der Waals surface area contributed by atoms with Crippen molar-refractivity contribution < 1.29 is 18.3 Å². The smallest absolute Gasteiger partial charge is 0.374 e. The third-order valence-electron chi connectivity index (χ3n) is 7.53. The number of nitriles is 1. The second kappa shape index (κ2) is 10.5. The summed E-state index contributed by atoms with van der Waals surface area (Å²) in [5.74, 6) is 0.593. The summed E-state index contributed by atoms with van der Waals surface area (Å²) < 4.78 is 43.3. The van der Waals surface area contributed by atoms with Crippen LogP contribution < -0.4 is 0 Å². The van der Waals surface area contributed by atoms with E-state index < -0.39 is 17.5 Å². The van der Waals surface area contributed by atoms with Crippen molar-refractivity contribution in [3.63, 3.8) is 0 Å². The fourth-order valence-electron chi connectivity index (χ4n) is 5.35. The highest BCUT2D eigenvalue weighted by molar-refractivity contribution is 5.90. The molecule has 0 saturated heterocycles. The van der Waals surface area contributed by atoms with E-state index in [0.717, 1.165) is 17.8 Å². The minimum atomic E-state index is -4.64. The summed E-state index contributed by atoms with van der Waals surface area (Å²) in [6.45, 7) is 0. The molecule has 0 bridgehead atoms. The van der Waals surface area contributed by atoms with Gasteiger partial charge in [-0.25, -0.2) is 15.0 Å². The first kappa shape index (κ1) is 27.8. The number of alkyl halides is 3. The van der Waals surface area contributed by atoms with E-state index in [1.165, 1.54) is 18.6 Å². The summed E-state index contributed by atoms with van der Waals surface area (Å²) in [5, 5.41) is 23.4. The summed E-state index contributed by atoms with van der Waals surface area (Å²) in [6.07, 6.45) is 3.15. The Kier molecular flexibility index (Phi) is 6.79. The van der Waals surface area contributed by atoms with E-state index >= 15 is 0 Å². The van der Waals surface area contributed by atoms with Crippen molar-refractivity contribution in [3.8, 4) is 17.6 Å². The molecule has 0 aliphatic rings. The van der Waals surface area contributed by atoms with Crippen molar-refractivity contribution in [1.29, 1.82) is 5.26 Å². The fourth-order valence-corrected chi connectivity index (χ4v) is 5.35. The number of fused-ring (bicyclic) bond motifs is 1. The lowest BCUT2D eigenvalue weighted by Crippen LogP contribution is -2.31. The van der Waals surface area contributed by atoms with E-state index in [4.69, 9.17) is 4.98 Å². The van der Waals surface area contributed by atoms with Gasteiger partial charge in [0, 0.05) is 55.6 Å². The van der Waals surface area contributed by atoms with Crippen LogP contribution in [0.5, 0.6) is 0 Å². The van der Waals surface area contributed by atoms with Gasteiger partial charge in [0.1, 0.15) is 17.5 Å². The average molecular weight is 580 g/mol. The molecule has 4 aromatic heterocycles. The zero-order valence-electron chi connectivity index (χ0n) is 23.1. The maximum atomic E-state index is 13.3. The Bertz CT molecular complexity index is 1990. The van der Waals surface area contributed by atoms with Crippen LogP contribution in [0.2, 0.25) is 0 Å². The Morgan fingerprint density at radius 1 is 0.930 bits per heavy atom. The molecule has 4 heterocycles. The maximum absolute atomic E-state index is 13.3. The van der Waals surface area contributed by atoms with Gasteiger partial charge in [-0.15, -0.1) is 0 Å². The van der Waals surface area contributed by atoms with Gasteiger partial charge in [0.2, 0.25) is 0 Å². The number of imidazole rings is 2. The third-order valence-corrected chi connectivity index (χ3v) is 7.53. The second-order valence-electron chi connectivity index (χ2n) is 10.2. The predicted molar refractivity (Wildman–Crippen MR) is 152 cm³/mol. The minimum absolute atomic E-state index is 0.101. The largest absolute Gasteiger partial charge is 0.433 e. The number of aromatic nitrogens is 6. The van der Waals surface area contributed by atoms with Crippen LogP contribution in [-0.4, -0.2) is 34.2 Å². The quantitative estimate of drug-likeness (QED) is 0.278. The van der Waals surface area contributed by atoms with Crippen molar-refractivity contribution in [2.45, 2.75) is 18.2 Å². The highest BCUT2D eigenvalue weighted by Gasteiger charge is 2.39. The Hall–Kier alpha value is -5.34. The molecule has 1 N–H and O–H groups in total. The first-order chi connectivity index (χ1) is 20.6. The summed E-state index contributed by atoms with van der Waals surface area (Å²) in [6, 6.07) is 19.0. The number of aliphatic hydroxyl groups is 1. The second-order valence-corrected chi connectivity index (χ2v) is 10.2. The van der Waals surface area contributed by atoms with Crippen molar-refractivity contribution in [1.82, 2.24) is 29.1 Å². The lowest BCUT2D eigenvalue weighted by atomic mass is 9.83. The standard InChI is InChI=1S/C32H24F3N7O/c1-41-13-12-38-30(41)29-24(14-20-6-4-3-5-7-20)25(16-36)23-15-21(8-10-26(23)40-29)31(43,28-18-37-19-42(28)2)22-9-11-27(39-17-22)32(33,34)35/h3-13,15,17-19,43H,14H2,1-2H3. The van der Waals surface area contributed by atoms with Crippen LogP contribution in [0, 0.1) is 11.3 Å². The molecule has 0 aliphatic heterocycles. The number of hydrogen-bond acceptors (Lipinski definition) is 6. The zero-order valence-corrected chi connectivity index (χ0v) is 23.1. The van der Waals surface area contributed by atoms with E-state index in [1.54, 1.807) is 42.2 Å². The molecule has 0 spiro atoms. The van der Waals surface area contributed by atoms with Gasteiger partial charge in [0.15, 0.2) is 11.4 Å². The number of hydrogen-bond donors (Lipinski definition) is 1. The number of nitrogens with zero attached hydrogens (tertiary/aromatic N) is 7. The molecule has 2 aromatic carbocycles. The van der Waals surface area contributed by atoms with Gasteiger partial charge < -0.3 is 14.2 Å². The monoisotopic (exact) mass is 579 g/mol. The van der Waals surface area contributed by atoms with Gasteiger partial charge in [0.05, 0.1) is 29.3 Å². The molecule has 1 unspecified atom stereocenters. The van der Waals surface area contributed by atoms with Crippen LogP contribution in [-0.2, 0) is 32.3 Å². The minimum Gasteiger partial charge on any atom is -0.374 e. The molecular formula is C32H24F3N7O. The molecule has 0 saturated carbocycles. The Morgan fingerprint density at radius 3 is 2.30 bits per heavy atom. The van der Waals surface area contributed by atoms with Gasteiger partial charge in [-0.3, -0.25) is 4.98 Å². The van der Waals surface area contributed by atoms with Gasteiger partial charge in [-0.1, -0.05) is 42.5 Å². The molecule has 6 rings (SSSR count). The van der Waals surface area contributed by atoms with E-state index in [-0.39, 0.29) is 5.56 Å². The molecule has 11 heteroatoms. The Balaban J connectivity index is 1.61. The van der Waals surface area contributed by atoms with Crippen LogP contribution >= 0.6 is 0 Å². The normalized spacial score (nSPS) is 13.1. The lowest BCUT2D eigenvalue weighted by molar-refractivity contribution is -0.141. The average Bonchev–Trinajstić information content (AvgIpc) is 3.64. The van der Waals surface area contributed by atoms with Crippen molar-refractivity contribution in [2.75, 3.05) is 0 Å². The van der Waals surface area contributed by atoms with Gasteiger partial charge in [-0.05, 0) is 29.3 Å². The molecule has 0 aliphatic carbocycles. The van der Waals surface area contributed by atoms with E-state index in [9.17, 15) is 23.5 Å². The van der Waals surface area contributed by atoms with Gasteiger partial charge in [-0.2, -0.15) is 18.4 Å². The van der Waals surface area contributed by atoms with Crippen LogP contribution in [0.15, 0.2) is 91.8 Å². The number of halogens is 3. The number of rotatable bonds is 6. The first-order valence-electron chi connectivity index (χ1n) is 13.2. The highest BCUT2D eigenvalue weighted by atomic mass is 19.4. The van der Waals surface area contributed by atoms with Gasteiger partial charge >= 0.3 is 6.18 Å². The molecule has 0 fully saturated rings. The van der Waals surface area contributed by atoms with Crippen LogP contribution in [0.1, 0.15) is 39.2 Å². The third kappa shape index (κ3) is 4.81. The highest BCUT2D eigenvalue weighted by Crippen LogP contribution is 2.40. The maximum Gasteiger partial charge on any atom is 0.433 e. The van der Waals surface area contributed by atoms with Crippen LogP contribution in [0.25, 0.3) is 22.4 Å². The lowest BCUT2D eigenvalue weighted by Gasteiger charge is -2.30. The first-order valence-corrected chi connectivity index (χ1v) is 13.2. The van der Waals surface area contributed by atoms with Crippen molar-refractivity contribution in [2.24, 2.45) is 14.1 Å². The van der Waals surface area contributed by atoms with E-state index in [2.05, 4.69) is 21.0 Å². The summed E-state index contributed by atoms with van der Waals surface area (Å²) in [4.78, 5) is 17.1. The molecule has 0 amide bonds. The molecule has 8 nitrogen and oxygen atoms in total. The zero-order chi connectivity index (χ0) is 30.4. The van der Waals surface area contributed by atoms with Crippen LogP contribution in [0.3, 0.4) is 0 Å². The van der Waals surface area contributed by atoms with Crippen LogP contribution in [0.4, 0.5) is 13.2 Å². The van der Waals surface area contributed by atoms with E-state index in [0.29, 0.717) is 51.2 Å². The topological polar surface area (TPSA) is 105 Å². The summed E-state index contributed by atoms with van der Waals surface area (Å²) in [7, 11) is 3.52. The summed E-state index contributed by atoms with van der Waals surface area (Å²) >= 11 is 0. The Morgan fingerprint density at radius 2 is 1.70 bits per heavy atom.